The summed E-state index contributed by atoms with van der Waals surface area (Å²) in [5.74, 6) is 0.164. The first-order chi connectivity index (χ1) is 16.0. The summed E-state index contributed by atoms with van der Waals surface area (Å²) in [6.07, 6.45) is 4.96. The van der Waals surface area contributed by atoms with Crippen molar-refractivity contribution in [3.05, 3.63) is 51.1 Å². The third-order valence-electron chi connectivity index (χ3n) is 6.54. The molecule has 1 aliphatic heterocycles. The van der Waals surface area contributed by atoms with Crippen molar-refractivity contribution in [3.8, 4) is 0 Å². The molecule has 1 N–H and O–H groups in total. The lowest BCUT2D eigenvalue weighted by molar-refractivity contribution is -0.113. The normalized spacial score (nSPS) is 16.4. The molecule has 1 aromatic heterocycles. The summed E-state index contributed by atoms with van der Waals surface area (Å²) < 4.78 is 7.30. The number of morpholine rings is 1. The van der Waals surface area contributed by atoms with E-state index in [9.17, 15) is 9.59 Å². The lowest BCUT2D eigenvalue weighted by Gasteiger charge is -2.27. The average molecular weight is 471 g/mol. The Morgan fingerprint density at radius 3 is 2.70 bits per heavy atom. The summed E-state index contributed by atoms with van der Waals surface area (Å²) in [5, 5.41) is 3.69. The smallest absolute Gasteiger partial charge is 0.348 e. The maximum Gasteiger partial charge on any atom is 0.348 e. The van der Waals surface area contributed by atoms with Gasteiger partial charge in [-0.1, -0.05) is 17.8 Å². The van der Waals surface area contributed by atoms with Crippen LogP contribution < -0.4 is 11.0 Å². The number of rotatable bonds is 8. The summed E-state index contributed by atoms with van der Waals surface area (Å²) in [7, 11) is 0. The summed E-state index contributed by atoms with van der Waals surface area (Å²) in [6.45, 7) is 9.27. The van der Waals surface area contributed by atoms with E-state index in [1.54, 1.807) is 0 Å². The van der Waals surface area contributed by atoms with Crippen molar-refractivity contribution in [2.45, 2.75) is 57.5 Å². The highest BCUT2D eigenvalue weighted by atomic mass is 32.2. The van der Waals surface area contributed by atoms with Crippen molar-refractivity contribution in [1.29, 1.82) is 0 Å². The summed E-state index contributed by atoms with van der Waals surface area (Å²) >= 11 is 1.38. The third-order valence-corrected chi connectivity index (χ3v) is 7.56. The first-order valence-electron chi connectivity index (χ1n) is 11.9. The van der Waals surface area contributed by atoms with Crippen molar-refractivity contribution in [2.75, 3.05) is 43.9 Å². The minimum Gasteiger partial charge on any atom is -0.379 e. The molecule has 2 aliphatic rings. The number of carbonyl (C=O) groups is 1. The third kappa shape index (κ3) is 6.25. The van der Waals surface area contributed by atoms with Gasteiger partial charge in [0.2, 0.25) is 5.91 Å². The number of hydrogen-bond acceptors (Lipinski definition) is 6. The second kappa shape index (κ2) is 11.3. The van der Waals surface area contributed by atoms with Crippen molar-refractivity contribution < 1.29 is 9.53 Å². The van der Waals surface area contributed by atoms with Crippen LogP contribution in [0.2, 0.25) is 0 Å². The molecule has 1 aromatic carbocycles. The molecule has 2 aromatic rings. The van der Waals surface area contributed by atoms with Gasteiger partial charge in [-0.05, 0) is 69.2 Å². The molecule has 0 unspecified atom stereocenters. The number of anilines is 1. The van der Waals surface area contributed by atoms with E-state index in [-0.39, 0.29) is 17.3 Å². The number of carbonyl (C=O) groups excluding carboxylic acids is 1. The highest BCUT2D eigenvalue weighted by molar-refractivity contribution is 8.00. The number of ether oxygens (including phenoxy) is 1. The second-order valence-electron chi connectivity index (χ2n) is 8.93. The Bertz CT molecular complexity index is 1050. The Balaban J connectivity index is 1.40. The molecular formula is C25H34N4O3S. The number of nitrogens with zero attached hydrogens (tertiary/aromatic N) is 3. The second-order valence-corrected chi connectivity index (χ2v) is 9.89. The predicted octanol–water partition coefficient (Wildman–Crippen LogP) is 3.19. The molecule has 0 atom stereocenters. The Hall–Kier alpha value is -2.16. The maximum absolute atomic E-state index is 12.9. The number of fused-ring (bicyclic) bond motifs is 1. The molecule has 0 saturated carbocycles. The fourth-order valence-electron chi connectivity index (χ4n) is 4.53. The summed E-state index contributed by atoms with van der Waals surface area (Å²) in [4.78, 5) is 32.2. The molecule has 33 heavy (non-hydrogen) atoms. The Kier molecular flexibility index (Phi) is 8.22. The lowest BCUT2D eigenvalue weighted by atomic mass is 9.97. The zero-order valence-electron chi connectivity index (χ0n) is 19.7. The van der Waals surface area contributed by atoms with Crippen molar-refractivity contribution in [1.82, 2.24) is 14.5 Å². The maximum atomic E-state index is 12.9. The van der Waals surface area contributed by atoms with Gasteiger partial charge in [-0.25, -0.2) is 4.79 Å². The molecule has 4 rings (SSSR count). The van der Waals surface area contributed by atoms with E-state index in [0.717, 1.165) is 92.5 Å². The van der Waals surface area contributed by atoms with Gasteiger partial charge in [0.25, 0.3) is 0 Å². The molecule has 7 nitrogen and oxygen atoms in total. The Morgan fingerprint density at radius 1 is 1.12 bits per heavy atom. The van der Waals surface area contributed by atoms with Crippen LogP contribution in [0.25, 0.3) is 0 Å². The van der Waals surface area contributed by atoms with Gasteiger partial charge in [0.15, 0.2) is 0 Å². The van der Waals surface area contributed by atoms with Crippen LogP contribution in [0.1, 0.15) is 41.6 Å². The molecular weight excluding hydrogens is 436 g/mol. The van der Waals surface area contributed by atoms with Gasteiger partial charge in [-0.3, -0.25) is 14.3 Å². The molecule has 1 saturated heterocycles. The minimum atomic E-state index is -0.185. The van der Waals surface area contributed by atoms with Crippen LogP contribution in [0.3, 0.4) is 0 Å². The van der Waals surface area contributed by atoms with Crippen LogP contribution >= 0.6 is 11.8 Å². The number of amides is 1. The number of benzene rings is 1. The zero-order valence-corrected chi connectivity index (χ0v) is 20.5. The molecule has 0 spiro atoms. The predicted molar refractivity (Wildman–Crippen MR) is 132 cm³/mol. The van der Waals surface area contributed by atoms with E-state index in [1.165, 1.54) is 17.3 Å². The van der Waals surface area contributed by atoms with Crippen LogP contribution in [-0.2, 0) is 28.9 Å². The summed E-state index contributed by atoms with van der Waals surface area (Å²) in [6, 6.07) is 5.91. The fraction of sp³-hybridized carbons (Fsp3) is 0.560. The van der Waals surface area contributed by atoms with Crippen LogP contribution in [-0.4, -0.2) is 59.0 Å². The molecule has 8 heteroatoms. The van der Waals surface area contributed by atoms with E-state index >= 15 is 0 Å². The van der Waals surface area contributed by atoms with Crippen LogP contribution in [0.4, 0.5) is 5.69 Å². The molecule has 1 aliphatic carbocycles. The van der Waals surface area contributed by atoms with E-state index < -0.39 is 0 Å². The van der Waals surface area contributed by atoms with E-state index in [1.807, 2.05) is 29.7 Å². The Labute approximate surface area is 199 Å². The first kappa shape index (κ1) is 24.0. The lowest BCUT2D eigenvalue weighted by Crippen LogP contribution is -2.38. The highest BCUT2D eigenvalue weighted by Gasteiger charge is 2.21. The van der Waals surface area contributed by atoms with Gasteiger partial charge in [0, 0.05) is 43.1 Å². The number of aryl methyl sites for hydroxylation is 2. The molecule has 178 valence electrons. The topological polar surface area (TPSA) is 76.5 Å². The van der Waals surface area contributed by atoms with Gasteiger partial charge in [0.1, 0.15) is 5.03 Å². The molecule has 0 radical (unpaired) electrons. The Morgan fingerprint density at radius 2 is 1.91 bits per heavy atom. The standard InChI is InChI=1S/C25H34N4O3S/c1-18-8-9-20(16-19(18)2)26-23(30)17-33-24-21-6-3-4-7-22(21)29(25(31)27-24)11-5-10-28-12-14-32-15-13-28/h8-9,16H,3-7,10-15,17H2,1-2H3,(H,26,30). The zero-order chi connectivity index (χ0) is 23.2. The van der Waals surface area contributed by atoms with Crippen LogP contribution in [0.15, 0.2) is 28.0 Å². The monoisotopic (exact) mass is 470 g/mol. The molecule has 1 fully saturated rings. The van der Waals surface area contributed by atoms with Crippen molar-refractivity contribution in [2.24, 2.45) is 0 Å². The first-order valence-corrected chi connectivity index (χ1v) is 12.9. The van der Waals surface area contributed by atoms with Gasteiger partial charge in [-0.15, -0.1) is 0 Å². The number of hydrogen-bond donors (Lipinski definition) is 1. The van der Waals surface area contributed by atoms with E-state index in [2.05, 4.69) is 22.1 Å². The summed E-state index contributed by atoms with van der Waals surface area (Å²) in [5.41, 5.74) is 5.25. The van der Waals surface area contributed by atoms with Gasteiger partial charge >= 0.3 is 5.69 Å². The van der Waals surface area contributed by atoms with Crippen LogP contribution in [0.5, 0.6) is 0 Å². The quantitative estimate of drug-likeness (QED) is 0.472. The molecule has 1 amide bonds. The molecule has 2 heterocycles. The minimum absolute atomic E-state index is 0.0793. The van der Waals surface area contributed by atoms with Crippen LogP contribution in [0, 0.1) is 13.8 Å². The van der Waals surface area contributed by atoms with Gasteiger partial charge in [-0.2, -0.15) is 4.98 Å². The van der Waals surface area contributed by atoms with Gasteiger partial charge in [0.05, 0.1) is 19.0 Å². The molecule has 0 bridgehead atoms. The fourth-order valence-corrected chi connectivity index (χ4v) is 5.40. The van der Waals surface area contributed by atoms with E-state index in [0.29, 0.717) is 6.54 Å². The highest BCUT2D eigenvalue weighted by Crippen LogP contribution is 2.28. The number of aromatic nitrogens is 2. The average Bonchev–Trinajstić information content (AvgIpc) is 2.82. The largest absolute Gasteiger partial charge is 0.379 e. The van der Waals surface area contributed by atoms with E-state index in [4.69, 9.17) is 4.74 Å². The van der Waals surface area contributed by atoms with Gasteiger partial charge < -0.3 is 10.1 Å². The SMILES string of the molecule is Cc1ccc(NC(=O)CSc2nc(=O)n(CCCN3CCOCC3)c3c2CCCC3)cc1C. The van der Waals surface area contributed by atoms with Crippen molar-refractivity contribution >= 4 is 23.4 Å². The number of thioether (sulfide) groups is 1. The van der Waals surface area contributed by atoms with Crippen molar-refractivity contribution in [3.63, 3.8) is 0 Å². The number of nitrogens with one attached hydrogen (secondary N) is 1.